The molecule has 190 valence electrons. The molecule has 0 spiro atoms. The average molecular weight is 512 g/mol. The van der Waals surface area contributed by atoms with Crippen molar-refractivity contribution in [2.24, 2.45) is 5.92 Å². The van der Waals surface area contributed by atoms with Crippen LogP contribution in [0.15, 0.2) is 120 Å². The van der Waals surface area contributed by atoms with E-state index in [9.17, 15) is 8.42 Å². The van der Waals surface area contributed by atoms with Gasteiger partial charge in [-0.05, 0) is 67.6 Å². The maximum Gasteiger partial charge on any atom is 0.296 e. The van der Waals surface area contributed by atoms with E-state index in [2.05, 4.69) is 95.9 Å². The molecule has 0 radical (unpaired) electrons. The van der Waals surface area contributed by atoms with E-state index < -0.39 is 15.7 Å². The summed E-state index contributed by atoms with van der Waals surface area (Å²) in [5.74, 6) is 0.177. The van der Waals surface area contributed by atoms with Gasteiger partial charge in [0, 0.05) is 0 Å². The standard InChI is InChI=1S/C32H33NO3S/c1-26-17-19-31(20-18-26)37(34,35)36-25-27-21-23-33(24-22-27)32(28-11-5-2-6-12-28,29-13-7-3-8-14-29)30-15-9-4-10-16-30/h2-20,27H,21-25H2,1H3. The summed E-state index contributed by atoms with van der Waals surface area (Å²) >= 11 is 0. The third kappa shape index (κ3) is 5.26. The Labute approximate surface area is 220 Å². The van der Waals surface area contributed by atoms with Crippen LogP contribution in [0.25, 0.3) is 0 Å². The number of hydrogen-bond donors (Lipinski definition) is 0. The van der Waals surface area contributed by atoms with E-state index in [0.717, 1.165) is 31.5 Å². The molecule has 0 atom stereocenters. The molecule has 4 aromatic rings. The van der Waals surface area contributed by atoms with Crippen molar-refractivity contribution in [3.8, 4) is 0 Å². The van der Waals surface area contributed by atoms with Crippen molar-refractivity contribution in [1.82, 2.24) is 4.90 Å². The van der Waals surface area contributed by atoms with Crippen LogP contribution in [-0.2, 0) is 19.8 Å². The van der Waals surface area contributed by atoms with E-state index in [1.807, 2.05) is 6.92 Å². The fourth-order valence-corrected chi connectivity index (χ4v) is 6.46. The molecule has 5 heteroatoms. The van der Waals surface area contributed by atoms with Crippen LogP contribution < -0.4 is 0 Å². The predicted octanol–water partition coefficient (Wildman–Crippen LogP) is 6.40. The van der Waals surface area contributed by atoms with Gasteiger partial charge in [0.15, 0.2) is 0 Å². The summed E-state index contributed by atoms with van der Waals surface area (Å²) < 4.78 is 31.0. The zero-order chi connectivity index (χ0) is 25.7. The molecule has 1 aliphatic rings. The highest BCUT2D eigenvalue weighted by atomic mass is 32.2. The molecule has 4 aromatic carbocycles. The third-order valence-electron chi connectivity index (χ3n) is 7.43. The Morgan fingerprint density at radius 3 is 1.57 bits per heavy atom. The molecule has 0 unspecified atom stereocenters. The summed E-state index contributed by atoms with van der Waals surface area (Å²) in [6, 6.07) is 38.9. The molecule has 5 rings (SSSR count). The largest absolute Gasteiger partial charge is 0.296 e. The second-order valence-electron chi connectivity index (χ2n) is 9.79. The van der Waals surface area contributed by atoms with E-state index in [1.165, 1.54) is 16.7 Å². The van der Waals surface area contributed by atoms with Crippen molar-refractivity contribution in [3.05, 3.63) is 138 Å². The molecule has 1 saturated heterocycles. The molecule has 1 aliphatic heterocycles. The molecule has 0 aliphatic carbocycles. The van der Waals surface area contributed by atoms with E-state index in [-0.39, 0.29) is 17.4 Å². The van der Waals surface area contributed by atoms with E-state index in [0.29, 0.717) is 0 Å². The molecule has 0 aromatic heterocycles. The molecular formula is C32H33NO3S. The van der Waals surface area contributed by atoms with Crippen LogP contribution in [0.4, 0.5) is 0 Å². The molecule has 0 saturated carbocycles. The summed E-state index contributed by atoms with van der Waals surface area (Å²) in [5.41, 5.74) is 4.26. The average Bonchev–Trinajstić information content (AvgIpc) is 2.95. The fraction of sp³-hybridized carbons (Fsp3) is 0.250. The quantitative estimate of drug-likeness (QED) is 0.203. The van der Waals surface area contributed by atoms with Crippen LogP contribution in [0.2, 0.25) is 0 Å². The number of piperidine rings is 1. The molecule has 4 nitrogen and oxygen atoms in total. The van der Waals surface area contributed by atoms with Gasteiger partial charge in [0.05, 0.1) is 17.0 Å². The van der Waals surface area contributed by atoms with Gasteiger partial charge >= 0.3 is 0 Å². The fourth-order valence-electron chi connectivity index (χ4n) is 5.48. The van der Waals surface area contributed by atoms with Crippen LogP contribution in [0, 0.1) is 12.8 Å². The summed E-state index contributed by atoms with van der Waals surface area (Å²) in [6.07, 6.45) is 1.72. The maximum absolute atomic E-state index is 12.7. The SMILES string of the molecule is Cc1ccc(S(=O)(=O)OCC2CCN(C(c3ccccc3)(c3ccccc3)c3ccccc3)CC2)cc1. The number of benzene rings is 4. The first-order chi connectivity index (χ1) is 18.0. The summed E-state index contributed by atoms with van der Waals surface area (Å²) in [5, 5.41) is 0. The lowest BCUT2D eigenvalue weighted by atomic mass is 9.74. The smallest absolute Gasteiger partial charge is 0.286 e. The molecule has 1 heterocycles. The molecule has 0 amide bonds. The Hall–Kier alpha value is -3.25. The van der Waals surface area contributed by atoms with E-state index >= 15 is 0 Å². The molecule has 0 bridgehead atoms. The normalized spacial score (nSPS) is 15.5. The number of aryl methyl sites for hydroxylation is 1. The molecule has 1 fully saturated rings. The van der Waals surface area contributed by atoms with E-state index in [1.54, 1.807) is 24.3 Å². The first-order valence-electron chi connectivity index (χ1n) is 12.9. The topological polar surface area (TPSA) is 46.6 Å². The van der Waals surface area contributed by atoms with Gasteiger partial charge in [-0.3, -0.25) is 9.08 Å². The van der Waals surface area contributed by atoms with Crippen molar-refractivity contribution < 1.29 is 12.6 Å². The number of likely N-dealkylation sites (tertiary alicyclic amines) is 1. The lowest BCUT2D eigenvalue weighted by molar-refractivity contribution is 0.0845. The van der Waals surface area contributed by atoms with Crippen LogP contribution in [-0.4, -0.2) is 33.0 Å². The van der Waals surface area contributed by atoms with Crippen LogP contribution in [0.3, 0.4) is 0 Å². The minimum absolute atomic E-state index is 0.177. The third-order valence-corrected chi connectivity index (χ3v) is 8.73. The highest BCUT2D eigenvalue weighted by Gasteiger charge is 2.43. The maximum atomic E-state index is 12.7. The van der Waals surface area contributed by atoms with Gasteiger partial charge in [0.2, 0.25) is 0 Å². The minimum atomic E-state index is -3.76. The summed E-state index contributed by atoms with van der Waals surface area (Å²) in [4.78, 5) is 2.77. The van der Waals surface area contributed by atoms with Gasteiger partial charge < -0.3 is 0 Å². The van der Waals surface area contributed by atoms with Gasteiger partial charge in [0.25, 0.3) is 10.1 Å². The Morgan fingerprint density at radius 2 is 1.14 bits per heavy atom. The van der Waals surface area contributed by atoms with Gasteiger partial charge in [-0.25, -0.2) is 0 Å². The van der Waals surface area contributed by atoms with Crippen LogP contribution in [0.1, 0.15) is 35.1 Å². The monoisotopic (exact) mass is 511 g/mol. The molecule has 0 N–H and O–H groups in total. The lowest BCUT2D eigenvalue weighted by Gasteiger charge is -2.48. The van der Waals surface area contributed by atoms with Crippen molar-refractivity contribution >= 4 is 10.1 Å². The molecular weight excluding hydrogens is 478 g/mol. The predicted molar refractivity (Wildman–Crippen MR) is 148 cm³/mol. The number of nitrogens with zero attached hydrogens (tertiary/aromatic N) is 1. The Kier molecular flexibility index (Phi) is 7.56. The van der Waals surface area contributed by atoms with E-state index in [4.69, 9.17) is 4.18 Å². The Balaban J connectivity index is 1.41. The Morgan fingerprint density at radius 1 is 0.703 bits per heavy atom. The highest BCUT2D eigenvalue weighted by molar-refractivity contribution is 7.86. The Bertz CT molecular complexity index is 1280. The first-order valence-corrected chi connectivity index (χ1v) is 14.3. The van der Waals surface area contributed by atoms with Gasteiger partial charge in [0.1, 0.15) is 0 Å². The van der Waals surface area contributed by atoms with Crippen molar-refractivity contribution in [2.45, 2.75) is 30.2 Å². The second-order valence-corrected chi connectivity index (χ2v) is 11.4. The highest BCUT2D eigenvalue weighted by Crippen LogP contribution is 2.44. The zero-order valence-electron chi connectivity index (χ0n) is 21.2. The zero-order valence-corrected chi connectivity index (χ0v) is 22.0. The second kappa shape index (κ2) is 11.0. The minimum Gasteiger partial charge on any atom is -0.286 e. The van der Waals surface area contributed by atoms with Crippen LogP contribution in [0.5, 0.6) is 0 Å². The van der Waals surface area contributed by atoms with Crippen molar-refractivity contribution in [1.29, 1.82) is 0 Å². The summed E-state index contributed by atoms with van der Waals surface area (Å²) in [7, 11) is -3.76. The van der Waals surface area contributed by atoms with Crippen molar-refractivity contribution in [3.63, 3.8) is 0 Å². The van der Waals surface area contributed by atoms with Gasteiger partial charge in [-0.1, -0.05) is 109 Å². The lowest BCUT2D eigenvalue weighted by Crippen LogP contribution is -2.51. The number of hydrogen-bond acceptors (Lipinski definition) is 4. The summed E-state index contributed by atoms with van der Waals surface area (Å²) in [6.45, 7) is 3.80. The van der Waals surface area contributed by atoms with Gasteiger partial charge in [-0.2, -0.15) is 8.42 Å². The van der Waals surface area contributed by atoms with Crippen molar-refractivity contribution in [2.75, 3.05) is 19.7 Å². The van der Waals surface area contributed by atoms with Crippen LogP contribution >= 0.6 is 0 Å². The number of rotatable bonds is 8. The van der Waals surface area contributed by atoms with Gasteiger partial charge in [-0.15, -0.1) is 0 Å². The molecule has 37 heavy (non-hydrogen) atoms. The first kappa shape index (κ1) is 25.4.